The van der Waals surface area contributed by atoms with E-state index in [0.717, 1.165) is 29.8 Å². The molecule has 130 valence electrons. The SMILES string of the molecule is CCc1ccccc1NC(=O)C1CC1C(=O)Nc1c(F)cccc1F. The molecule has 0 saturated heterocycles. The molecule has 1 fully saturated rings. The van der Waals surface area contributed by atoms with E-state index in [1.54, 1.807) is 0 Å². The van der Waals surface area contributed by atoms with E-state index >= 15 is 0 Å². The largest absolute Gasteiger partial charge is 0.326 e. The standard InChI is InChI=1S/C19H18F2N2O2/c1-2-11-6-3-4-9-16(11)22-18(24)12-10-13(12)19(25)23-17-14(20)7-5-8-15(17)21/h3-9,12-13H,2,10H2,1H3,(H,22,24)(H,23,25). The summed E-state index contributed by atoms with van der Waals surface area (Å²) >= 11 is 0. The highest BCUT2D eigenvalue weighted by Gasteiger charge is 2.48. The Morgan fingerprint density at radius 1 is 0.960 bits per heavy atom. The Morgan fingerprint density at radius 2 is 1.56 bits per heavy atom. The van der Waals surface area contributed by atoms with E-state index in [1.807, 2.05) is 31.2 Å². The van der Waals surface area contributed by atoms with E-state index in [2.05, 4.69) is 10.6 Å². The van der Waals surface area contributed by atoms with Gasteiger partial charge in [0.1, 0.15) is 17.3 Å². The van der Waals surface area contributed by atoms with Gasteiger partial charge in [0.2, 0.25) is 11.8 Å². The number of rotatable bonds is 5. The monoisotopic (exact) mass is 344 g/mol. The van der Waals surface area contributed by atoms with Crippen LogP contribution in [-0.2, 0) is 16.0 Å². The molecule has 0 heterocycles. The molecule has 0 bridgehead atoms. The van der Waals surface area contributed by atoms with Crippen LogP contribution in [0.25, 0.3) is 0 Å². The van der Waals surface area contributed by atoms with Crippen LogP contribution in [0.3, 0.4) is 0 Å². The summed E-state index contributed by atoms with van der Waals surface area (Å²) in [5, 5.41) is 5.07. The number of halogens is 2. The lowest BCUT2D eigenvalue weighted by molar-refractivity contribution is -0.122. The number of amides is 2. The van der Waals surface area contributed by atoms with Crippen LogP contribution in [0.15, 0.2) is 42.5 Å². The number of benzene rings is 2. The number of aryl methyl sites for hydroxylation is 1. The number of carbonyl (C=O) groups is 2. The van der Waals surface area contributed by atoms with Crippen molar-refractivity contribution in [3.05, 3.63) is 59.7 Å². The Bertz CT molecular complexity index is 803. The number of hydrogen-bond donors (Lipinski definition) is 2. The zero-order valence-electron chi connectivity index (χ0n) is 13.7. The fourth-order valence-electron chi connectivity index (χ4n) is 2.78. The van der Waals surface area contributed by atoms with Crippen molar-refractivity contribution in [2.45, 2.75) is 19.8 Å². The third kappa shape index (κ3) is 3.68. The maximum atomic E-state index is 13.6. The molecular formula is C19H18F2N2O2. The lowest BCUT2D eigenvalue weighted by Gasteiger charge is -2.10. The van der Waals surface area contributed by atoms with Gasteiger partial charge in [0.25, 0.3) is 0 Å². The highest BCUT2D eigenvalue weighted by atomic mass is 19.1. The van der Waals surface area contributed by atoms with Crippen LogP contribution in [0.1, 0.15) is 18.9 Å². The Morgan fingerprint density at radius 3 is 2.20 bits per heavy atom. The Balaban J connectivity index is 1.62. The second kappa shape index (κ2) is 7.01. The van der Waals surface area contributed by atoms with Gasteiger partial charge in [0, 0.05) is 5.69 Å². The minimum absolute atomic E-state index is 0.255. The van der Waals surface area contributed by atoms with Crippen molar-refractivity contribution in [1.82, 2.24) is 0 Å². The smallest absolute Gasteiger partial charge is 0.228 e. The normalized spacial score (nSPS) is 18.5. The van der Waals surface area contributed by atoms with Crippen LogP contribution in [0.5, 0.6) is 0 Å². The first-order valence-electron chi connectivity index (χ1n) is 8.15. The van der Waals surface area contributed by atoms with Crippen molar-refractivity contribution in [1.29, 1.82) is 0 Å². The van der Waals surface area contributed by atoms with E-state index < -0.39 is 35.1 Å². The highest BCUT2D eigenvalue weighted by molar-refractivity contribution is 6.03. The molecule has 0 aromatic heterocycles. The van der Waals surface area contributed by atoms with Gasteiger partial charge in [-0.1, -0.05) is 31.2 Å². The molecule has 0 aliphatic heterocycles. The Kier molecular flexibility index (Phi) is 4.79. The van der Waals surface area contributed by atoms with Crippen molar-refractivity contribution < 1.29 is 18.4 Å². The molecule has 0 spiro atoms. The van der Waals surface area contributed by atoms with Crippen LogP contribution in [-0.4, -0.2) is 11.8 Å². The van der Waals surface area contributed by atoms with Gasteiger partial charge >= 0.3 is 0 Å². The van der Waals surface area contributed by atoms with Crippen molar-refractivity contribution in [3.63, 3.8) is 0 Å². The summed E-state index contributed by atoms with van der Waals surface area (Å²) in [4.78, 5) is 24.4. The predicted octanol–water partition coefficient (Wildman–Crippen LogP) is 3.74. The van der Waals surface area contributed by atoms with Crippen LogP contribution in [0.2, 0.25) is 0 Å². The summed E-state index contributed by atoms with van der Waals surface area (Å²) in [6, 6.07) is 10.8. The van der Waals surface area contributed by atoms with Gasteiger partial charge in [0.15, 0.2) is 0 Å². The van der Waals surface area contributed by atoms with E-state index in [-0.39, 0.29) is 5.91 Å². The number of hydrogen-bond acceptors (Lipinski definition) is 2. The molecule has 2 amide bonds. The summed E-state index contributed by atoms with van der Waals surface area (Å²) in [5.74, 6) is -3.55. The van der Waals surface area contributed by atoms with E-state index in [1.165, 1.54) is 6.07 Å². The molecule has 2 atom stereocenters. The zero-order valence-corrected chi connectivity index (χ0v) is 13.7. The molecule has 1 aliphatic carbocycles. The number of nitrogens with one attached hydrogen (secondary N) is 2. The van der Waals surface area contributed by atoms with Crippen LogP contribution >= 0.6 is 0 Å². The average molecular weight is 344 g/mol. The molecular weight excluding hydrogens is 326 g/mol. The zero-order chi connectivity index (χ0) is 18.0. The van der Waals surface area contributed by atoms with Gasteiger partial charge in [-0.2, -0.15) is 0 Å². The fraction of sp³-hybridized carbons (Fsp3) is 0.263. The van der Waals surface area contributed by atoms with Gasteiger partial charge in [0.05, 0.1) is 11.8 Å². The molecule has 25 heavy (non-hydrogen) atoms. The van der Waals surface area contributed by atoms with Crippen LogP contribution < -0.4 is 10.6 Å². The lowest BCUT2D eigenvalue weighted by atomic mass is 10.1. The van der Waals surface area contributed by atoms with Gasteiger partial charge in [-0.05, 0) is 36.6 Å². The molecule has 2 unspecified atom stereocenters. The summed E-state index contributed by atoms with van der Waals surface area (Å²) < 4.78 is 27.2. The van der Waals surface area contributed by atoms with Crippen molar-refractivity contribution in [2.75, 3.05) is 10.6 Å². The molecule has 6 heteroatoms. The number of para-hydroxylation sites is 2. The minimum Gasteiger partial charge on any atom is -0.326 e. The molecule has 0 radical (unpaired) electrons. The Hall–Kier alpha value is -2.76. The first kappa shape index (κ1) is 17.1. The summed E-state index contributed by atoms with van der Waals surface area (Å²) in [6.07, 6.45) is 1.14. The predicted molar refractivity (Wildman–Crippen MR) is 91.0 cm³/mol. The van der Waals surface area contributed by atoms with Crippen molar-refractivity contribution in [2.24, 2.45) is 11.8 Å². The molecule has 2 aromatic rings. The van der Waals surface area contributed by atoms with Crippen LogP contribution in [0, 0.1) is 23.5 Å². The second-order valence-corrected chi connectivity index (χ2v) is 6.03. The first-order valence-corrected chi connectivity index (χ1v) is 8.15. The maximum absolute atomic E-state index is 13.6. The van der Waals surface area contributed by atoms with Gasteiger partial charge < -0.3 is 10.6 Å². The minimum atomic E-state index is -0.841. The van der Waals surface area contributed by atoms with Crippen LogP contribution in [0.4, 0.5) is 20.2 Å². The Labute approximate surface area is 144 Å². The maximum Gasteiger partial charge on any atom is 0.228 e. The molecule has 1 saturated carbocycles. The summed E-state index contributed by atoms with van der Waals surface area (Å²) in [5.41, 5.74) is 1.25. The second-order valence-electron chi connectivity index (χ2n) is 6.03. The third-order valence-electron chi connectivity index (χ3n) is 4.33. The van der Waals surface area contributed by atoms with Crippen molar-refractivity contribution in [3.8, 4) is 0 Å². The molecule has 2 aromatic carbocycles. The average Bonchev–Trinajstić information content (AvgIpc) is 3.39. The number of carbonyl (C=O) groups excluding carboxylic acids is 2. The molecule has 1 aliphatic rings. The molecule has 3 rings (SSSR count). The van der Waals surface area contributed by atoms with Gasteiger partial charge in [-0.15, -0.1) is 0 Å². The third-order valence-corrected chi connectivity index (χ3v) is 4.33. The van der Waals surface area contributed by atoms with E-state index in [9.17, 15) is 18.4 Å². The van der Waals surface area contributed by atoms with Gasteiger partial charge in [-0.25, -0.2) is 8.78 Å². The summed E-state index contributed by atoms with van der Waals surface area (Å²) in [7, 11) is 0. The lowest BCUT2D eigenvalue weighted by Crippen LogP contribution is -2.21. The summed E-state index contributed by atoms with van der Waals surface area (Å²) in [6.45, 7) is 1.99. The highest BCUT2D eigenvalue weighted by Crippen LogP contribution is 2.40. The number of anilines is 2. The quantitative estimate of drug-likeness (QED) is 0.868. The first-order chi connectivity index (χ1) is 12.0. The molecule has 4 nitrogen and oxygen atoms in total. The van der Waals surface area contributed by atoms with E-state index in [0.29, 0.717) is 6.42 Å². The topological polar surface area (TPSA) is 58.2 Å². The van der Waals surface area contributed by atoms with E-state index in [4.69, 9.17) is 0 Å². The van der Waals surface area contributed by atoms with Gasteiger partial charge in [-0.3, -0.25) is 9.59 Å². The fourth-order valence-corrected chi connectivity index (χ4v) is 2.78. The molecule has 2 N–H and O–H groups in total. The van der Waals surface area contributed by atoms with Crippen molar-refractivity contribution >= 4 is 23.2 Å².